The summed E-state index contributed by atoms with van der Waals surface area (Å²) in [5, 5.41) is 2.81. The molecule has 3 aliphatic heterocycles. The Morgan fingerprint density at radius 1 is 0.846 bits per heavy atom. The van der Waals surface area contributed by atoms with E-state index in [9.17, 15) is 14.0 Å². The normalized spacial score (nSPS) is 18.2. The third-order valence-corrected chi connectivity index (χ3v) is 7.54. The molecule has 7 rings (SSSR count). The minimum Gasteiger partial charge on any atom is -0.491 e. The van der Waals surface area contributed by atoms with Crippen LogP contribution >= 0.6 is 0 Å². The van der Waals surface area contributed by atoms with E-state index in [1.807, 2.05) is 42.5 Å². The van der Waals surface area contributed by atoms with Crippen molar-refractivity contribution in [1.29, 1.82) is 0 Å². The number of carbonyl (C=O) groups is 2. The monoisotopic (exact) mass is 522 g/mol. The van der Waals surface area contributed by atoms with Crippen LogP contribution in [0.1, 0.15) is 32.6 Å². The summed E-state index contributed by atoms with van der Waals surface area (Å²) in [5.74, 6) is 1.17. The molecule has 4 aromatic carbocycles. The summed E-state index contributed by atoms with van der Waals surface area (Å²) >= 11 is 0. The summed E-state index contributed by atoms with van der Waals surface area (Å²) in [4.78, 5) is 28.6. The van der Waals surface area contributed by atoms with Crippen LogP contribution in [0.25, 0.3) is 0 Å². The van der Waals surface area contributed by atoms with Gasteiger partial charge in [-0.2, -0.15) is 0 Å². The molecule has 0 fully saturated rings. The molecule has 0 saturated carbocycles. The quantitative estimate of drug-likeness (QED) is 0.411. The van der Waals surface area contributed by atoms with Gasteiger partial charge in [0.2, 0.25) is 12.7 Å². The number of halogens is 1. The Balaban J connectivity index is 1.13. The molecule has 194 valence electrons. The lowest BCUT2D eigenvalue weighted by Gasteiger charge is -2.23. The number of rotatable bonds is 5. The summed E-state index contributed by atoms with van der Waals surface area (Å²) in [6.45, 7) is 0.898. The van der Waals surface area contributed by atoms with Crippen LogP contribution in [0, 0.1) is 5.82 Å². The van der Waals surface area contributed by atoms with Gasteiger partial charge >= 0.3 is 0 Å². The number of ether oxygens (including phenoxy) is 3. The van der Waals surface area contributed by atoms with Crippen LogP contribution < -0.4 is 24.4 Å². The maximum absolute atomic E-state index is 14.2. The number of hydrogen-bond acceptors (Lipinski definition) is 5. The van der Waals surface area contributed by atoms with Crippen molar-refractivity contribution in [1.82, 2.24) is 5.32 Å². The third-order valence-electron chi connectivity index (χ3n) is 7.54. The molecule has 1 unspecified atom stereocenters. The average molecular weight is 523 g/mol. The Kier molecular flexibility index (Phi) is 5.30. The molecule has 4 aromatic rings. The highest BCUT2D eigenvalue weighted by Gasteiger charge is 2.57. The first-order chi connectivity index (χ1) is 19.0. The van der Waals surface area contributed by atoms with Gasteiger partial charge in [0.05, 0.1) is 6.54 Å². The standard InChI is InChI=1S/C31H23FN2O5/c32-22-5-3-4-20(12-22)15-33-29(35)21-10-8-19(9-11-21)16-34-25-7-2-1-6-23(25)31(30(34)36)17-37-26-14-28-27(13-24(26)31)38-18-39-28/h1-14H,15-18H2,(H,33,35). The van der Waals surface area contributed by atoms with Crippen LogP contribution in [-0.4, -0.2) is 25.2 Å². The van der Waals surface area contributed by atoms with E-state index in [2.05, 4.69) is 5.32 Å². The highest BCUT2D eigenvalue weighted by molar-refractivity contribution is 6.11. The van der Waals surface area contributed by atoms with E-state index in [4.69, 9.17) is 14.2 Å². The molecule has 7 nitrogen and oxygen atoms in total. The number of para-hydroxylation sites is 1. The summed E-state index contributed by atoms with van der Waals surface area (Å²) in [6, 6.07) is 24.7. The summed E-state index contributed by atoms with van der Waals surface area (Å²) in [7, 11) is 0. The molecule has 0 bridgehead atoms. The average Bonchev–Trinajstić information content (AvgIpc) is 3.63. The molecule has 8 heteroatoms. The predicted octanol–water partition coefficient (Wildman–Crippen LogP) is 4.71. The smallest absolute Gasteiger partial charge is 0.251 e. The van der Waals surface area contributed by atoms with Gasteiger partial charge in [-0.15, -0.1) is 0 Å². The highest BCUT2D eigenvalue weighted by Crippen LogP contribution is 2.55. The van der Waals surface area contributed by atoms with Crippen molar-refractivity contribution >= 4 is 17.5 Å². The van der Waals surface area contributed by atoms with Gasteiger partial charge in [0, 0.05) is 29.4 Å². The molecule has 0 saturated heterocycles. The fraction of sp³-hybridized carbons (Fsp3) is 0.161. The molecule has 2 amide bonds. The number of anilines is 1. The lowest BCUT2D eigenvalue weighted by molar-refractivity contribution is -0.122. The zero-order valence-electron chi connectivity index (χ0n) is 20.8. The number of nitrogens with one attached hydrogen (secondary N) is 1. The van der Waals surface area contributed by atoms with Gasteiger partial charge in [-0.1, -0.05) is 42.5 Å². The van der Waals surface area contributed by atoms with Crippen molar-refractivity contribution < 1.29 is 28.2 Å². The van der Waals surface area contributed by atoms with Crippen molar-refractivity contribution in [2.75, 3.05) is 18.3 Å². The van der Waals surface area contributed by atoms with Crippen molar-refractivity contribution in [2.45, 2.75) is 18.5 Å². The van der Waals surface area contributed by atoms with Gasteiger partial charge in [0.15, 0.2) is 11.5 Å². The molecule has 1 atom stereocenters. The third kappa shape index (κ3) is 3.71. The number of fused-ring (bicyclic) bond motifs is 5. The maximum atomic E-state index is 14.2. The van der Waals surface area contributed by atoms with Crippen LogP contribution in [0.4, 0.5) is 10.1 Å². The number of hydrogen-bond donors (Lipinski definition) is 1. The van der Waals surface area contributed by atoms with Gasteiger partial charge in [0.25, 0.3) is 5.91 Å². The predicted molar refractivity (Wildman–Crippen MR) is 140 cm³/mol. The Labute approximate surface area is 223 Å². The van der Waals surface area contributed by atoms with E-state index in [0.29, 0.717) is 34.9 Å². The summed E-state index contributed by atoms with van der Waals surface area (Å²) in [5.41, 5.74) is 3.56. The second kappa shape index (κ2) is 8.87. The first-order valence-corrected chi connectivity index (χ1v) is 12.6. The zero-order chi connectivity index (χ0) is 26.6. The van der Waals surface area contributed by atoms with Crippen LogP contribution in [0.5, 0.6) is 17.2 Å². The molecular formula is C31H23FN2O5. The molecule has 0 aromatic heterocycles. The van der Waals surface area contributed by atoms with E-state index in [1.165, 1.54) is 12.1 Å². The van der Waals surface area contributed by atoms with Crippen LogP contribution in [0.15, 0.2) is 84.9 Å². The minimum absolute atomic E-state index is 0.0711. The second-order valence-corrected chi connectivity index (χ2v) is 9.81. The molecule has 39 heavy (non-hydrogen) atoms. The molecule has 0 aliphatic carbocycles. The Bertz CT molecular complexity index is 1640. The molecule has 0 radical (unpaired) electrons. The first-order valence-electron chi connectivity index (χ1n) is 12.6. The molecule has 3 heterocycles. The molecule has 1 N–H and O–H groups in total. The summed E-state index contributed by atoms with van der Waals surface area (Å²) < 4.78 is 30.6. The van der Waals surface area contributed by atoms with E-state index in [-0.39, 0.29) is 37.6 Å². The number of amides is 2. The van der Waals surface area contributed by atoms with Gasteiger partial charge in [-0.3, -0.25) is 9.59 Å². The first kappa shape index (κ1) is 23.3. The second-order valence-electron chi connectivity index (χ2n) is 9.81. The van der Waals surface area contributed by atoms with Crippen LogP contribution in [-0.2, 0) is 23.3 Å². The van der Waals surface area contributed by atoms with Gasteiger partial charge in [-0.25, -0.2) is 4.39 Å². The Morgan fingerprint density at radius 3 is 2.46 bits per heavy atom. The van der Waals surface area contributed by atoms with Gasteiger partial charge in [-0.05, 0) is 53.1 Å². The number of nitrogens with zero attached hydrogens (tertiary/aromatic N) is 1. The van der Waals surface area contributed by atoms with Crippen molar-refractivity contribution in [3.05, 3.63) is 119 Å². The van der Waals surface area contributed by atoms with E-state index < -0.39 is 5.41 Å². The fourth-order valence-corrected chi connectivity index (χ4v) is 5.60. The largest absolute Gasteiger partial charge is 0.491 e. The van der Waals surface area contributed by atoms with E-state index in [1.54, 1.807) is 35.2 Å². The fourth-order valence-electron chi connectivity index (χ4n) is 5.60. The van der Waals surface area contributed by atoms with Crippen LogP contribution in [0.3, 0.4) is 0 Å². The van der Waals surface area contributed by atoms with Gasteiger partial charge < -0.3 is 24.4 Å². The van der Waals surface area contributed by atoms with Gasteiger partial charge in [0.1, 0.15) is 23.6 Å². The Morgan fingerprint density at radius 2 is 1.64 bits per heavy atom. The molecule has 1 spiro atoms. The topological polar surface area (TPSA) is 77.1 Å². The lowest BCUT2D eigenvalue weighted by Crippen LogP contribution is -2.42. The maximum Gasteiger partial charge on any atom is 0.251 e. The SMILES string of the molecule is O=C(NCc1cccc(F)c1)c1ccc(CN2C(=O)C3(COc4cc5c(cc43)OCO5)c3ccccc32)cc1. The molecule has 3 aliphatic rings. The van der Waals surface area contributed by atoms with Crippen molar-refractivity contribution in [3.63, 3.8) is 0 Å². The van der Waals surface area contributed by atoms with Crippen molar-refractivity contribution in [2.24, 2.45) is 0 Å². The minimum atomic E-state index is -0.969. The Hall–Kier alpha value is -4.85. The van der Waals surface area contributed by atoms with Crippen molar-refractivity contribution in [3.8, 4) is 17.2 Å². The van der Waals surface area contributed by atoms with E-state index in [0.717, 1.165) is 22.4 Å². The van der Waals surface area contributed by atoms with Crippen LogP contribution in [0.2, 0.25) is 0 Å². The number of benzene rings is 4. The number of carbonyl (C=O) groups excluding carboxylic acids is 2. The zero-order valence-corrected chi connectivity index (χ0v) is 20.8. The summed E-state index contributed by atoms with van der Waals surface area (Å²) in [6.07, 6.45) is 0. The van der Waals surface area contributed by atoms with E-state index >= 15 is 0 Å². The highest BCUT2D eigenvalue weighted by atomic mass is 19.1. The lowest BCUT2D eigenvalue weighted by atomic mass is 9.77. The molecular weight excluding hydrogens is 499 g/mol.